The van der Waals surface area contributed by atoms with Gasteiger partial charge < -0.3 is 4.90 Å². The lowest BCUT2D eigenvalue weighted by Crippen LogP contribution is -2.44. The first-order valence-electron chi connectivity index (χ1n) is 9.32. The number of hydrogen-bond donors (Lipinski definition) is 0. The summed E-state index contributed by atoms with van der Waals surface area (Å²) in [5.74, 6) is 0.285. The Morgan fingerprint density at radius 1 is 1.32 bits per heavy atom. The zero-order valence-corrected chi connectivity index (χ0v) is 15.6. The molecule has 1 amide bonds. The van der Waals surface area contributed by atoms with Gasteiger partial charge in [-0.1, -0.05) is 0 Å². The molecule has 0 spiro atoms. The molecule has 0 saturated carbocycles. The second-order valence-electron chi connectivity index (χ2n) is 7.07. The van der Waals surface area contributed by atoms with Crippen molar-refractivity contribution in [1.29, 1.82) is 0 Å². The molecule has 3 rings (SSSR count). The molecule has 0 aromatic carbocycles. The smallest absolute Gasteiger partial charge is 0.223 e. The van der Waals surface area contributed by atoms with Crippen molar-refractivity contribution in [2.75, 3.05) is 6.54 Å². The molecular weight excluding hydrogens is 314 g/mol. The van der Waals surface area contributed by atoms with Crippen LogP contribution in [-0.4, -0.2) is 43.0 Å². The molecule has 136 valence electrons. The van der Waals surface area contributed by atoms with E-state index in [1.165, 1.54) is 17.7 Å². The van der Waals surface area contributed by atoms with E-state index < -0.39 is 0 Å². The molecule has 1 saturated heterocycles. The molecule has 0 aliphatic carbocycles. The Labute approximate surface area is 149 Å². The van der Waals surface area contributed by atoms with Crippen LogP contribution in [0, 0.1) is 13.8 Å². The third-order valence-corrected chi connectivity index (χ3v) is 5.45. The lowest BCUT2D eigenvalue weighted by atomic mass is 9.98. The van der Waals surface area contributed by atoms with Crippen LogP contribution < -0.4 is 0 Å². The van der Waals surface area contributed by atoms with Gasteiger partial charge in [0.2, 0.25) is 5.91 Å². The maximum absolute atomic E-state index is 12.8. The molecule has 25 heavy (non-hydrogen) atoms. The average molecular weight is 343 g/mol. The number of carbonyl (C=O) groups excluding carboxylic acids is 1. The highest BCUT2D eigenvalue weighted by Crippen LogP contribution is 2.22. The number of piperidine rings is 1. The fourth-order valence-electron chi connectivity index (χ4n) is 3.90. The number of rotatable bonds is 6. The molecule has 0 N–H and O–H groups in total. The van der Waals surface area contributed by atoms with Crippen LogP contribution in [0.1, 0.15) is 49.1 Å². The van der Waals surface area contributed by atoms with E-state index in [0.29, 0.717) is 12.5 Å². The summed E-state index contributed by atoms with van der Waals surface area (Å²) in [6.07, 6.45) is 9.59. The molecule has 6 heteroatoms. The monoisotopic (exact) mass is 343 g/mol. The third kappa shape index (κ3) is 4.11. The Morgan fingerprint density at radius 2 is 2.16 bits per heavy atom. The summed E-state index contributed by atoms with van der Waals surface area (Å²) in [5.41, 5.74) is 3.43. The van der Waals surface area contributed by atoms with Gasteiger partial charge >= 0.3 is 0 Å². The van der Waals surface area contributed by atoms with E-state index in [1.807, 2.05) is 41.8 Å². The normalized spacial score (nSPS) is 17.9. The first-order chi connectivity index (χ1) is 12.1. The zero-order chi connectivity index (χ0) is 17.8. The van der Waals surface area contributed by atoms with Crippen LogP contribution in [0.2, 0.25) is 0 Å². The van der Waals surface area contributed by atoms with Gasteiger partial charge in [0.05, 0.1) is 5.69 Å². The Hall–Kier alpha value is -2.11. The van der Waals surface area contributed by atoms with Crippen molar-refractivity contribution in [3.8, 4) is 0 Å². The highest BCUT2D eigenvalue weighted by atomic mass is 16.2. The minimum Gasteiger partial charge on any atom is -0.340 e. The van der Waals surface area contributed by atoms with Crippen molar-refractivity contribution in [2.45, 2.75) is 65.0 Å². The summed E-state index contributed by atoms with van der Waals surface area (Å²) in [4.78, 5) is 15.0. The first kappa shape index (κ1) is 17.7. The van der Waals surface area contributed by atoms with Gasteiger partial charge in [0, 0.05) is 50.7 Å². The van der Waals surface area contributed by atoms with E-state index in [-0.39, 0.29) is 5.91 Å². The van der Waals surface area contributed by atoms with Crippen LogP contribution in [0.4, 0.5) is 0 Å². The van der Waals surface area contributed by atoms with Crippen molar-refractivity contribution >= 4 is 5.91 Å². The van der Waals surface area contributed by atoms with E-state index in [2.05, 4.69) is 22.0 Å². The second-order valence-corrected chi connectivity index (χ2v) is 7.07. The van der Waals surface area contributed by atoms with Crippen LogP contribution in [0.3, 0.4) is 0 Å². The second kappa shape index (κ2) is 7.85. The molecule has 1 aliphatic heterocycles. The molecule has 3 heterocycles. The van der Waals surface area contributed by atoms with Gasteiger partial charge in [-0.2, -0.15) is 10.2 Å². The summed E-state index contributed by atoms with van der Waals surface area (Å²) in [7, 11) is 1.96. The molecule has 1 fully saturated rings. The van der Waals surface area contributed by atoms with Gasteiger partial charge in [0.1, 0.15) is 0 Å². The summed E-state index contributed by atoms with van der Waals surface area (Å²) in [6, 6.07) is 2.30. The number of aromatic nitrogens is 4. The summed E-state index contributed by atoms with van der Waals surface area (Å²) >= 11 is 0. The highest BCUT2D eigenvalue weighted by molar-refractivity contribution is 5.77. The SMILES string of the molecule is Cc1nn(C)c(C)c1CCC(=O)N1CCCCC1CCn1cccn1. The lowest BCUT2D eigenvalue weighted by molar-refractivity contribution is -0.135. The van der Waals surface area contributed by atoms with Gasteiger partial charge in [0.25, 0.3) is 0 Å². The molecule has 0 radical (unpaired) electrons. The van der Waals surface area contributed by atoms with Gasteiger partial charge in [0.15, 0.2) is 0 Å². The molecule has 1 aliphatic rings. The van der Waals surface area contributed by atoms with Crippen molar-refractivity contribution in [1.82, 2.24) is 24.5 Å². The highest BCUT2D eigenvalue weighted by Gasteiger charge is 2.26. The maximum atomic E-state index is 12.8. The number of nitrogens with zero attached hydrogens (tertiary/aromatic N) is 5. The summed E-state index contributed by atoms with van der Waals surface area (Å²) < 4.78 is 3.86. The van der Waals surface area contributed by atoms with Gasteiger partial charge in [-0.05, 0) is 57.6 Å². The quantitative estimate of drug-likeness (QED) is 0.810. The predicted octanol–water partition coefficient (Wildman–Crippen LogP) is 2.64. The Balaban J connectivity index is 1.58. The largest absolute Gasteiger partial charge is 0.340 e. The predicted molar refractivity (Wildman–Crippen MR) is 97.2 cm³/mol. The molecule has 2 aromatic rings. The van der Waals surface area contributed by atoms with Gasteiger partial charge in [-0.3, -0.25) is 14.2 Å². The van der Waals surface area contributed by atoms with Crippen molar-refractivity contribution in [2.24, 2.45) is 7.05 Å². The van der Waals surface area contributed by atoms with Gasteiger partial charge in [-0.25, -0.2) is 0 Å². The standard InChI is InChI=1S/C19H29N5O/c1-15-18(16(2)22(3)21-15)8-9-19(25)24-13-5-4-7-17(24)10-14-23-12-6-11-20-23/h6,11-12,17H,4-5,7-10,13-14H2,1-3H3. The van der Waals surface area contributed by atoms with Crippen LogP contribution in [0.25, 0.3) is 0 Å². The third-order valence-electron chi connectivity index (χ3n) is 5.45. The number of carbonyl (C=O) groups is 1. The molecular formula is C19H29N5O. The van der Waals surface area contributed by atoms with Gasteiger partial charge in [-0.15, -0.1) is 0 Å². The van der Waals surface area contributed by atoms with Crippen LogP contribution >= 0.6 is 0 Å². The maximum Gasteiger partial charge on any atom is 0.223 e. The molecule has 1 atom stereocenters. The summed E-state index contributed by atoms with van der Waals surface area (Å²) in [6.45, 7) is 5.88. The van der Waals surface area contributed by atoms with E-state index in [0.717, 1.165) is 44.5 Å². The Bertz CT molecular complexity index is 704. The summed E-state index contributed by atoms with van der Waals surface area (Å²) in [5, 5.41) is 8.73. The van der Waals surface area contributed by atoms with Crippen LogP contribution in [-0.2, 0) is 24.8 Å². The van der Waals surface area contributed by atoms with Crippen LogP contribution in [0.15, 0.2) is 18.5 Å². The fraction of sp³-hybridized carbons (Fsp3) is 0.632. The van der Waals surface area contributed by atoms with Crippen LogP contribution in [0.5, 0.6) is 0 Å². The Kier molecular flexibility index (Phi) is 5.56. The average Bonchev–Trinajstić information content (AvgIpc) is 3.21. The number of aryl methyl sites for hydroxylation is 3. The van der Waals surface area contributed by atoms with Crippen molar-refractivity contribution < 1.29 is 4.79 Å². The number of likely N-dealkylation sites (tertiary alicyclic amines) is 1. The minimum atomic E-state index is 0.285. The van der Waals surface area contributed by atoms with E-state index in [9.17, 15) is 4.79 Å². The molecule has 0 bridgehead atoms. The Morgan fingerprint density at radius 3 is 2.84 bits per heavy atom. The van der Waals surface area contributed by atoms with E-state index in [4.69, 9.17) is 0 Å². The fourth-order valence-corrected chi connectivity index (χ4v) is 3.90. The minimum absolute atomic E-state index is 0.285. The van der Waals surface area contributed by atoms with Crippen molar-refractivity contribution in [3.63, 3.8) is 0 Å². The lowest BCUT2D eigenvalue weighted by Gasteiger charge is -2.36. The molecule has 6 nitrogen and oxygen atoms in total. The molecule has 1 unspecified atom stereocenters. The van der Waals surface area contributed by atoms with Crippen molar-refractivity contribution in [3.05, 3.63) is 35.4 Å². The molecule has 2 aromatic heterocycles. The number of amides is 1. The first-order valence-corrected chi connectivity index (χ1v) is 9.32. The number of hydrogen-bond acceptors (Lipinski definition) is 3. The van der Waals surface area contributed by atoms with E-state index >= 15 is 0 Å². The topological polar surface area (TPSA) is 56.0 Å². The zero-order valence-electron chi connectivity index (χ0n) is 15.6. The van der Waals surface area contributed by atoms with E-state index in [1.54, 1.807) is 0 Å².